The van der Waals surface area contributed by atoms with Crippen LogP contribution < -0.4 is 16.7 Å². The quantitative estimate of drug-likeness (QED) is 0.619. The lowest BCUT2D eigenvalue weighted by Gasteiger charge is -2.05. The molecule has 0 unspecified atom stereocenters. The minimum atomic E-state index is -0.286. The summed E-state index contributed by atoms with van der Waals surface area (Å²) < 4.78 is 1.47. The van der Waals surface area contributed by atoms with Crippen molar-refractivity contribution in [1.82, 2.24) is 19.5 Å². The SMILES string of the molecule is NCCCNc1ncc2[nH]c(=O)n(-c3cccc(Cl)c3)c2n1. The van der Waals surface area contributed by atoms with Crippen molar-refractivity contribution in [3.8, 4) is 5.69 Å². The van der Waals surface area contributed by atoms with Gasteiger partial charge in [-0.1, -0.05) is 17.7 Å². The van der Waals surface area contributed by atoms with E-state index in [9.17, 15) is 4.79 Å². The Kier molecular flexibility index (Phi) is 4.08. The predicted molar refractivity (Wildman–Crippen MR) is 86.7 cm³/mol. The van der Waals surface area contributed by atoms with Gasteiger partial charge in [0.05, 0.1) is 11.9 Å². The third-order valence-corrected chi connectivity index (χ3v) is 3.39. The Labute approximate surface area is 131 Å². The number of aromatic amines is 1. The number of hydrogen-bond donors (Lipinski definition) is 3. The Hall–Kier alpha value is -2.38. The fraction of sp³-hybridized carbons (Fsp3) is 0.214. The second-order valence-corrected chi connectivity index (χ2v) is 5.18. The smallest absolute Gasteiger partial charge is 0.332 e. The van der Waals surface area contributed by atoms with E-state index in [1.807, 2.05) is 0 Å². The van der Waals surface area contributed by atoms with Crippen molar-refractivity contribution < 1.29 is 0 Å². The van der Waals surface area contributed by atoms with Gasteiger partial charge < -0.3 is 16.0 Å². The van der Waals surface area contributed by atoms with Crippen LogP contribution in [0, 0.1) is 0 Å². The maximum Gasteiger partial charge on any atom is 0.332 e. The van der Waals surface area contributed by atoms with Crippen molar-refractivity contribution in [3.63, 3.8) is 0 Å². The van der Waals surface area contributed by atoms with Gasteiger partial charge in [-0.25, -0.2) is 14.3 Å². The number of benzene rings is 1. The maximum atomic E-state index is 12.2. The number of rotatable bonds is 5. The van der Waals surface area contributed by atoms with Gasteiger partial charge >= 0.3 is 5.69 Å². The van der Waals surface area contributed by atoms with Crippen LogP contribution in [0.25, 0.3) is 16.9 Å². The first-order chi connectivity index (χ1) is 10.7. The molecular weight excluding hydrogens is 304 g/mol. The van der Waals surface area contributed by atoms with Crippen molar-refractivity contribution in [3.05, 3.63) is 46.0 Å². The van der Waals surface area contributed by atoms with Gasteiger partial charge in [-0.3, -0.25) is 0 Å². The fourth-order valence-electron chi connectivity index (χ4n) is 2.14. The number of anilines is 1. The molecule has 0 aliphatic heterocycles. The molecule has 0 spiro atoms. The summed E-state index contributed by atoms with van der Waals surface area (Å²) in [5.74, 6) is 0.454. The molecule has 2 aromatic heterocycles. The molecule has 0 atom stereocenters. The monoisotopic (exact) mass is 318 g/mol. The van der Waals surface area contributed by atoms with Crippen LogP contribution in [0.5, 0.6) is 0 Å². The van der Waals surface area contributed by atoms with Crippen LogP contribution in [0.15, 0.2) is 35.3 Å². The first kappa shape index (κ1) is 14.6. The van der Waals surface area contributed by atoms with Crippen molar-refractivity contribution in [2.75, 3.05) is 18.4 Å². The molecule has 22 heavy (non-hydrogen) atoms. The highest BCUT2D eigenvalue weighted by atomic mass is 35.5. The standard InChI is InChI=1S/C14H15ClN6O/c15-9-3-1-4-10(7-9)21-12-11(19-14(21)22)8-18-13(20-12)17-6-2-5-16/h1,3-4,7-8H,2,5-6,16H2,(H,19,22)(H,17,18,20). The predicted octanol–water partition coefficient (Wildman–Crippen LogP) is 1.52. The fourth-order valence-corrected chi connectivity index (χ4v) is 2.33. The summed E-state index contributed by atoms with van der Waals surface area (Å²) in [6.45, 7) is 1.26. The number of halogens is 1. The minimum Gasteiger partial charge on any atom is -0.354 e. The summed E-state index contributed by atoms with van der Waals surface area (Å²) in [7, 11) is 0. The molecule has 0 bridgehead atoms. The van der Waals surface area contributed by atoms with E-state index in [0.717, 1.165) is 6.42 Å². The second kappa shape index (κ2) is 6.17. The molecule has 8 heteroatoms. The van der Waals surface area contributed by atoms with Gasteiger partial charge in [0.2, 0.25) is 5.95 Å². The number of H-pyrrole nitrogens is 1. The Morgan fingerprint density at radius 3 is 3.05 bits per heavy atom. The van der Waals surface area contributed by atoms with Crippen LogP contribution in [0.1, 0.15) is 6.42 Å². The summed E-state index contributed by atoms with van der Waals surface area (Å²) in [6, 6.07) is 7.04. The van der Waals surface area contributed by atoms with Crippen molar-refractivity contribution in [2.45, 2.75) is 6.42 Å². The van der Waals surface area contributed by atoms with Gasteiger partial charge in [0.15, 0.2) is 5.65 Å². The molecule has 7 nitrogen and oxygen atoms in total. The molecule has 0 radical (unpaired) electrons. The van der Waals surface area contributed by atoms with Gasteiger partial charge in [0.25, 0.3) is 0 Å². The van der Waals surface area contributed by atoms with Crippen LogP contribution in [-0.2, 0) is 0 Å². The molecule has 0 amide bonds. The van der Waals surface area contributed by atoms with E-state index in [0.29, 0.717) is 40.9 Å². The highest BCUT2D eigenvalue weighted by Gasteiger charge is 2.11. The van der Waals surface area contributed by atoms with Crippen molar-refractivity contribution in [1.29, 1.82) is 0 Å². The third-order valence-electron chi connectivity index (χ3n) is 3.16. The van der Waals surface area contributed by atoms with Crippen LogP contribution in [0.4, 0.5) is 5.95 Å². The number of nitrogens with zero attached hydrogens (tertiary/aromatic N) is 3. The van der Waals surface area contributed by atoms with Gasteiger partial charge in [0, 0.05) is 11.6 Å². The summed E-state index contributed by atoms with van der Waals surface area (Å²) >= 11 is 6.00. The van der Waals surface area contributed by atoms with Crippen molar-refractivity contribution >= 4 is 28.7 Å². The van der Waals surface area contributed by atoms with Crippen LogP contribution in [-0.4, -0.2) is 32.6 Å². The Balaban J connectivity index is 2.07. The van der Waals surface area contributed by atoms with Crippen LogP contribution in [0.3, 0.4) is 0 Å². The number of aromatic nitrogens is 4. The van der Waals surface area contributed by atoms with E-state index < -0.39 is 0 Å². The number of nitrogens with two attached hydrogens (primary N) is 1. The number of fused-ring (bicyclic) bond motifs is 1. The van der Waals surface area contributed by atoms with Gasteiger partial charge in [-0.05, 0) is 31.2 Å². The van der Waals surface area contributed by atoms with E-state index in [1.54, 1.807) is 30.5 Å². The molecule has 0 aliphatic carbocycles. The molecule has 0 aliphatic rings. The molecule has 0 saturated carbocycles. The molecule has 1 aromatic carbocycles. The summed E-state index contributed by atoms with van der Waals surface area (Å²) in [5.41, 5.74) is 6.88. The third kappa shape index (κ3) is 2.81. The molecule has 3 rings (SSSR count). The summed E-state index contributed by atoms with van der Waals surface area (Å²) in [6.07, 6.45) is 2.39. The molecule has 0 fully saturated rings. The van der Waals surface area contributed by atoms with Crippen LogP contribution >= 0.6 is 11.6 Å². The molecule has 4 N–H and O–H groups in total. The molecule has 3 aromatic rings. The van der Waals surface area contributed by atoms with Gasteiger partial charge in [-0.2, -0.15) is 4.98 Å². The first-order valence-electron chi connectivity index (χ1n) is 6.86. The van der Waals surface area contributed by atoms with Gasteiger partial charge in [0.1, 0.15) is 5.52 Å². The Morgan fingerprint density at radius 1 is 1.41 bits per heavy atom. The molecular formula is C14H15ClN6O. The van der Waals surface area contributed by atoms with Crippen LogP contribution in [0.2, 0.25) is 5.02 Å². The molecule has 0 saturated heterocycles. The lowest BCUT2D eigenvalue weighted by molar-refractivity contribution is 0.864. The zero-order chi connectivity index (χ0) is 15.5. The van der Waals surface area contributed by atoms with E-state index >= 15 is 0 Å². The number of imidazole rings is 1. The highest BCUT2D eigenvalue weighted by Crippen LogP contribution is 2.17. The summed E-state index contributed by atoms with van der Waals surface area (Å²) in [4.78, 5) is 23.5. The Morgan fingerprint density at radius 2 is 2.27 bits per heavy atom. The minimum absolute atomic E-state index is 0.286. The molecule has 114 valence electrons. The lowest BCUT2D eigenvalue weighted by Crippen LogP contribution is -2.15. The topological polar surface area (TPSA) is 102 Å². The zero-order valence-electron chi connectivity index (χ0n) is 11.7. The zero-order valence-corrected chi connectivity index (χ0v) is 12.5. The Bertz CT molecular complexity index is 856. The largest absolute Gasteiger partial charge is 0.354 e. The number of hydrogen-bond acceptors (Lipinski definition) is 5. The second-order valence-electron chi connectivity index (χ2n) is 4.75. The van der Waals surface area contributed by atoms with E-state index in [4.69, 9.17) is 17.3 Å². The van der Waals surface area contributed by atoms with E-state index in [2.05, 4.69) is 20.3 Å². The number of nitrogens with one attached hydrogen (secondary N) is 2. The van der Waals surface area contributed by atoms with E-state index in [-0.39, 0.29) is 5.69 Å². The summed E-state index contributed by atoms with van der Waals surface area (Å²) in [5, 5.41) is 3.63. The average Bonchev–Trinajstić information content (AvgIpc) is 2.83. The maximum absolute atomic E-state index is 12.2. The van der Waals surface area contributed by atoms with E-state index in [1.165, 1.54) is 4.57 Å². The average molecular weight is 319 g/mol. The first-order valence-corrected chi connectivity index (χ1v) is 7.24. The normalized spacial score (nSPS) is 11.0. The van der Waals surface area contributed by atoms with Gasteiger partial charge in [-0.15, -0.1) is 0 Å². The molecule has 2 heterocycles. The lowest BCUT2D eigenvalue weighted by atomic mass is 10.3. The van der Waals surface area contributed by atoms with Crippen molar-refractivity contribution in [2.24, 2.45) is 5.73 Å². The highest BCUT2D eigenvalue weighted by molar-refractivity contribution is 6.30.